The number of hydrogen-bond donors (Lipinski definition) is 2. The molecule has 0 aromatic heterocycles. The monoisotopic (exact) mass is 186 g/mol. The van der Waals surface area contributed by atoms with Gasteiger partial charge >= 0.3 is 0 Å². The van der Waals surface area contributed by atoms with E-state index in [0.717, 1.165) is 38.0 Å². The fourth-order valence-electron chi connectivity index (χ4n) is 2.25. The van der Waals surface area contributed by atoms with Crippen molar-refractivity contribution in [2.45, 2.75) is 58.2 Å². The molecule has 2 nitrogen and oxygen atoms in total. The Balaban J connectivity index is 2.29. The van der Waals surface area contributed by atoms with Crippen LogP contribution < -0.4 is 0 Å². The first kappa shape index (κ1) is 11.0. The van der Waals surface area contributed by atoms with Crippen molar-refractivity contribution >= 4 is 0 Å². The Bertz CT molecular complexity index is 145. The third-order valence-electron chi connectivity index (χ3n) is 3.16. The van der Waals surface area contributed by atoms with E-state index in [-0.39, 0.29) is 12.2 Å². The summed E-state index contributed by atoms with van der Waals surface area (Å²) in [5, 5.41) is 18.9. The van der Waals surface area contributed by atoms with E-state index >= 15 is 0 Å². The molecule has 1 aliphatic rings. The predicted octanol–water partition coefficient (Wildman–Crippen LogP) is 1.94. The van der Waals surface area contributed by atoms with Gasteiger partial charge in [0.05, 0.1) is 12.2 Å². The number of aliphatic hydroxyl groups is 2. The second-order valence-corrected chi connectivity index (χ2v) is 4.67. The SMILES string of the molecule is CC(O)CCC1CC(C)CCC1O. The third kappa shape index (κ3) is 3.65. The van der Waals surface area contributed by atoms with Gasteiger partial charge in [-0.05, 0) is 50.9 Å². The molecule has 4 unspecified atom stereocenters. The molecule has 1 aliphatic carbocycles. The summed E-state index contributed by atoms with van der Waals surface area (Å²) in [6, 6.07) is 0. The first-order valence-electron chi connectivity index (χ1n) is 5.45. The van der Waals surface area contributed by atoms with Crippen molar-refractivity contribution in [1.82, 2.24) is 0 Å². The van der Waals surface area contributed by atoms with Crippen LogP contribution in [-0.4, -0.2) is 22.4 Å². The van der Waals surface area contributed by atoms with E-state index in [1.807, 2.05) is 6.92 Å². The van der Waals surface area contributed by atoms with Crippen LogP contribution in [0.1, 0.15) is 46.0 Å². The van der Waals surface area contributed by atoms with Crippen LogP contribution in [-0.2, 0) is 0 Å². The van der Waals surface area contributed by atoms with Crippen LogP contribution in [0.2, 0.25) is 0 Å². The maximum Gasteiger partial charge on any atom is 0.0568 e. The van der Waals surface area contributed by atoms with Crippen LogP contribution in [0.25, 0.3) is 0 Å². The quantitative estimate of drug-likeness (QED) is 0.707. The molecule has 1 rings (SSSR count). The van der Waals surface area contributed by atoms with Crippen molar-refractivity contribution in [2.75, 3.05) is 0 Å². The zero-order valence-corrected chi connectivity index (χ0v) is 8.74. The molecule has 78 valence electrons. The van der Waals surface area contributed by atoms with E-state index in [1.54, 1.807) is 0 Å². The summed E-state index contributed by atoms with van der Waals surface area (Å²) in [4.78, 5) is 0. The Hall–Kier alpha value is -0.0800. The highest BCUT2D eigenvalue weighted by atomic mass is 16.3. The number of hydrogen-bond acceptors (Lipinski definition) is 2. The first-order valence-corrected chi connectivity index (χ1v) is 5.45. The van der Waals surface area contributed by atoms with E-state index < -0.39 is 0 Å². The lowest BCUT2D eigenvalue weighted by Crippen LogP contribution is -2.28. The normalized spacial score (nSPS) is 37.4. The van der Waals surface area contributed by atoms with Crippen molar-refractivity contribution in [3.05, 3.63) is 0 Å². The Morgan fingerprint density at radius 1 is 1.38 bits per heavy atom. The summed E-state index contributed by atoms with van der Waals surface area (Å²) in [7, 11) is 0. The molecule has 0 heterocycles. The molecule has 0 aromatic carbocycles. The minimum atomic E-state index is -0.218. The summed E-state index contributed by atoms with van der Waals surface area (Å²) >= 11 is 0. The van der Waals surface area contributed by atoms with E-state index in [2.05, 4.69) is 6.92 Å². The van der Waals surface area contributed by atoms with Gasteiger partial charge in [0.2, 0.25) is 0 Å². The summed E-state index contributed by atoms with van der Waals surface area (Å²) in [5.74, 6) is 1.18. The molecule has 0 spiro atoms. The Morgan fingerprint density at radius 2 is 2.08 bits per heavy atom. The van der Waals surface area contributed by atoms with Gasteiger partial charge in [-0.2, -0.15) is 0 Å². The largest absolute Gasteiger partial charge is 0.393 e. The van der Waals surface area contributed by atoms with Gasteiger partial charge in [-0.1, -0.05) is 6.92 Å². The lowest BCUT2D eigenvalue weighted by molar-refractivity contribution is 0.0393. The van der Waals surface area contributed by atoms with Gasteiger partial charge in [0.15, 0.2) is 0 Å². The predicted molar refractivity (Wildman–Crippen MR) is 53.4 cm³/mol. The highest BCUT2D eigenvalue weighted by Gasteiger charge is 2.26. The molecule has 0 bridgehead atoms. The average Bonchev–Trinajstić information content (AvgIpc) is 2.06. The van der Waals surface area contributed by atoms with E-state index in [0.29, 0.717) is 5.92 Å². The topological polar surface area (TPSA) is 40.5 Å². The lowest BCUT2D eigenvalue weighted by atomic mass is 9.78. The molecule has 2 heteroatoms. The summed E-state index contributed by atoms with van der Waals surface area (Å²) < 4.78 is 0. The van der Waals surface area contributed by atoms with Crippen LogP contribution in [0.15, 0.2) is 0 Å². The second kappa shape index (κ2) is 4.97. The first-order chi connectivity index (χ1) is 6.09. The molecule has 1 saturated carbocycles. The average molecular weight is 186 g/mol. The smallest absolute Gasteiger partial charge is 0.0568 e. The van der Waals surface area contributed by atoms with Crippen molar-refractivity contribution in [1.29, 1.82) is 0 Å². The summed E-state index contributed by atoms with van der Waals surface area (Å²) in [5.41, 5.74) is 0. The maximum absolute atomic E-state index is 9.72. The Labute approximate surface area is 81.0 Å². The van der Waals surface area contributed by atoms with Crippen LogP contribution in [0.4, 0.5) is 0 Å². The molecule has 1 fully saturated rings. The van der Waals surface area contributed by atoms with E-state index in [4.69, 9.17) is 5.11 Å². The maximum atomic E-state index is 9.72. The highest BCUT2D eigenvalue weighted by Crippen LogP contribution is 2.32. The molecule has 13 heavy (non-hydrogen) atoms. The Morgan fingerprint density at radius 3 is 2.69 bits per heavy atom. The molecular weight excluding hydrogens is 164 g/mol. The second-order valence-electron chi connectivity index (χ2n) is 4.67. The minimum absolute atomic E-state index is 0.116. The fraction of sp³-hybridized carbons (Fsp3) is 1.00. The van der Waals surface area contributed by atoms with Crippen LogP contribution >= 0.6 is 0 Å². The summed E-state index contributed by atoms with van der Waals surface area (Å²) in [6.45, 7) is 4.07. The van der Waals surface area contributed by atoms with Gasteiger partial charge < -0.3 is 10.2 Å². The molecule has 0 aliphatic heterocycles. The number of rotatable bonds is 3. The Kier molecular flexibility index (Phi) is 4.20. The standard InChI is InChI=1S/C11H22O2/c1-8-3-6-11(13)10(7-8)5-4-9(2)12/h8-13H,3-7H2,1-2H3. The zero-order chi connectivity index (χ0) is 9.84. The molecule has 0 radical (unpaired) electrons. The van der Waals surface area contributed by atoms with Gasteiger partial charge in [-0.15, -0.1) is 0 Å². The molecule has 0 saturated heterocycles. The molecular formula is C11H22O2. The minimum Gasteiger partial charge on any atom is -0.393 e. The molecule has 0 amide bonds. The fourth-order valence-corrected chi connectivity index (χ4v) is 2.25. The van der Waals surface area contributed by atoms with Crippen LogP contribution in [0.5, 0.6) is 0 Å². The molecule has 0 aromatic rings. The van der Waals surface area contributed by atoms with Crippen LogP contribution in [0.3, 0.4) is 0 Å². The van der Waals surface area contributed by atoms with Gasteiger partial charge in [-0.3, -0.25) is 0 Å². The zero-order valence-electron chi connectivity index (χ0n) is 8.74. The van der Waals surface area contributed by atoms with E-state index in [1.165, 1.54) is 0 Å². The van der Waals surface area contributed by atoms with Gasteiger partial charge in [0.1, 0.15) is 0 Å². The van der Waals surface area contributed by atoms with Gasteiger partial charge in [0.25, 0.3) is 0 Å². The molecule has 2 N–H and O–H groups in total. The van der Waals surface area contributed by atoms with Crippen LogP contribution in [0, 0.1) is 11.8 Å². The lowest BCUT2D eigenvalue weighted by Gasteiger charge is -2.31. The highest BCUT2D eigenvalue weighted by molar-refractivity contribution is 4.78. The number of aliphatic hydroxyl groups excluding tert-OH is 2. The van der Waals surface area contributed by atoms with Crippen molar-refractivity contribution in [2.24, 2.45) is 11.8 Å². The van der Waals surface area contributed by atoms with Crippen molar-refractivity contribution in [3.63, 3.8) is 0 Å². The van der Waals surface area contributed by atoms with Crippen molar-refractivity contribution < 1.29 is 10.2 Å². The summed E-state index contributed by atoms with van der Waals surface area (Å²) in [6.07, 6.45) is 4.71. The third-order valence-corrected chi connectivity index (χ3v) is 3.16. The van der Waals surface area contributed by atoms with Crippen molar-refractivity contribution in [3.8, 4) is 0 Å². The van der Waals surface area contributed by atoms with E-state index in [9.17, 15) is 5.11 Å². The van der Waals surface area contributed by atoms with Gasteiger partial charge in [0, 0.05) is 0 Å². The molecule has 4 atom stereocenters. The van der Waals surface area contributed by atoms with Gasteiger partial charge in [-0.25, -0.2) is 0 Å².